The number of ether oxygens (including phenoxy) is 1. The molecule has 0 aliphatic carbocycles. The molecule has 0 unspecified atom stereocenters. The molecule has 0 spiro atoms. The second-order valence-electron chi connectivity index (χ2n) is 4.78. The fourth-order valence-corrected chi connectivity index (χ4v) is 2.11. The Bertz CT molecular complexity index is 580. The average molecular weight is 277 g/mol. The van der Waals surface area contributed by atoms with Crippen LogP contribution in [0.2, 0.25) is 0 Å². The molecule has 20 heavy (non-hydrogen) atoms. The number of hydrogen-bond donors (Lipinski definition) is 1. The van der Waals surface area contributed by atoms with Gasteiger partial charge in [-0.3, -0.25) is 4.57 Å². The van der Waals surface area contributed by atoms with Crippen LogP contribution < -0.4 is 5.32 Å². The van der Waals surface area contributed by atoms with Crippen molar-refractivity contribution in [2.45, 2.75) is 20.3 Å². The summed E-state index contributed by atoms with van der Waals surface area (Å²) in [5, 5.41) is 3.29. The fraction of sp³-hybridized carbons (Fsp3) is 0.400. The lowest BCUT2D eigenvalue weighted by Crippen LogP contribution is -2.10. The second-order valence-corrected chi connectivity index (χ2v) is 4.78. The number of anilines is 1. The summed E-state index contributed by atoms with van der Waals surface area (Å²) >= 11 is 0. The number of halogens is 1. The average Bonchev–Trinajstić information content (AvgIpc) is 2.76. The van der Waals surface area contributed by atoms with Crippen molar-refractivity contribution in [3.8, 4) is 5.69 Å². The smallest absolute Gasteiger partial charge is 0.207 e. The number of benzene rings is 1. The summed E-state index contributed by atoms with van der Waals surface area (Å²) < 4.78 is 20.2. The van der Waals surface area contributed by atoms with Gasteiger partial charge in [0.25, 0.3) is 0 Å². The molecule has 0 radical (unpaired) electrons. The first-order valence-corrected chi connectivity index (χ1v) is 6.67. The third kappa shape index (κ3) is 3.36. The van der Waals surface area contributed by atoms with E-state index in [2.05, 4.69) is 10.3 Å². The van der Waals surface area contributed by atoms with Crippen molar-refractivity contribution in [1.29, 1.82) is 0 Å². The normalized spacial score (nSPS) is 10.8. The van der Waals surface area contributed by atoms with Crippen LogP contribution in [0.4, 0.5) is 10.3 Å². The Labute approximate surface area is 118 Å². The predicted octanol–water partition coefficient (Wildman–Crippen LogP) is 3.08. The number of aryl methyl sites for hydroxylation is 2. The van der Waals surface area contributed by atoms with Crippen molar-refractivity contribution in [3.05, 3.63) is 41.5 Å². The first kappa shape index (κ1) is 14.5. The molecule has 4 nitrogen and oxygen atoms in total. The van der Waals surface area contributed by atoms with Crippen LogP contribution >= 0.6 is 0 Å². The Hall–Kier alpha value is -1.88. The summed E-state index contributed by atoms with van der Waals surface area (Å²) in [4.78, 5) is 4.47. The molecular weight excluding hydrogens is 257 g/mol. The predicted molar refractivity (Wildman–Crippen MR) is 78.0 cm³/mol. The van der Waals surface area contributed by atoms with Gasteiger partial charge in [-0.2, -0.15) is 0 Å². The Morgan fingerprint density at radius 2 is 2.15 bits per heavy atom. The van der Waals surface area contributed by atoms with Crippen molar-refractivity contribution >= 4 is 5.95 Å². The molecule has 1 aromatic heterocycles. The van der Waals surface area contributed by atoms with Gasteiger partial charge in [-0.15, -0.1) is 0 Å². The second kappa shape index (κ2) is 6.52. The Kier molecular flexibility index (Phi) is 4.74. The van der Waals surface area contributed by atoms with Gasteiger partial charge in [0.2, 0.25) is 5.95 Å². The van der Waals surface area contributed by atoms with Gasteiger partial charge in [0.15, 0.2) is 0 Å². The topological polar surface area (TPSA) is 39.1 Å². The minimum absolute atomic E-state index is 0.224. The van der Waals surface area contributed by atoms with Crippen LogP contribution in [0.1, 0.15) is 17.7 Å². The van der Waals surface area contributed by atoms with E-state index < -0.39 is 0 Å². The van der Waals surface area contributed by atoms with Gasteiger partial charge in [0, 0.05) is 26.5 Å². The van der Waals surface area contributed by atoms with Crippen LogP contribution in [0.5, 0.6) is 0 Å². The molecule has 2 rings (SSSR count). The molecule has 0 aliphatic heterocycles. The molecule has 0 fully saturated rings. The Morgan fingerprint density at radius 1 is 1.35 bits per heavy atom. The van der Waals surface area contributed by atoms with Gasteiger partial charge in [-0.25, -0.2) is 9.37 Å². The highest BCUT2D eigenvalue weighted by Gasteiger charge is 2.09. The van der Waals surface area contributed by atoms with Crippen LogP contribution in [0.15, 0.2) is 24.4 Å². The first-order chi connectivity index (χ1) is 9.61. The molecule has 1 aromatic carbocycles. The van der Waals surface area contributed by atoms with Gasteiger partial charge in [0.05, 0.1) is 11.4 Å². The molecule has 0 atom stereocenters. The lowest BCUT2D eigenvalue weighted by atomic mass is 10.2. The van der Waals surface area contributed by atoms with Crippen LogP contribution in [-0.4, -0.2) is 29.8 Å². The molecule has 1 heterocycles. The van der Waals surface area contributed by atoms with E-state index in [-0.39, 0.29) is 5.82 Å². The molecule has 2 aromatic rings. The first-order valence-electron chi connectivity index (χ1n) is 6.67. The van der Waals surface area contributed by atoms with E-state index >= 15 is 0 Å². The fourth-order valence-electron chi connectivity index (χ4n) is 2.11. The minimum Gasteiger partial charge on any atom is -0.385 e. The van der Waals surface area contributed by atoms with Crippen LogP contribution in [0, 0.1) is 19.7 Å². The van der Waals surface area contributed by atoms with Gasteiger partial charge < -0.3 is 10.1 Å². The molecule has 0 bridgehead atoms. The van der Waals surface area contributed by atoms with E-state index in [0.29, 0.717) is 6.61 Å². The lowest BCUT2D eigenvalue weighted by molar-refractivity contribution is 0.197. The maximum absolute atomic E-state index is 13.2. The zero-order valence-electron chi connectivity index (χ0n) is 12.1. The van der Waals surface area contributed by atoms with Gasteiger partial charge in [0.1, 0.15) is 5.82 Å². The van der Waals surface area contributed by atoms with E-state index in [1.165, 1.54) is 12.1 Å². The highest BCUT2D eigenvalue weighted by atomic mass is 19.1. The summed E-state index contributed by atoms with van der Waals surface area (Å²) in [6.07, 6.45) is 2.85. The number of hydrogen-bond acceptors (Lipinski definition) is 3. The van der Waals surface area contributed by atoms with E-state index in [9.17, 15) is 4.39 Å². The monoisotopic (exact) mass is 277 g/mol. The lowest BCUT2D eigenvalue weighted by Gasteiger charge is -2.12. The highest BCUT2D eigenvalue weighted by Crippen LogP contribution is 2.20. The third-order valence-corrected chi connectivity index (χ3v) is 3.05. The number of imidazole rings is 1. The van der Waals surface area contributed by atoms with Crippen molar-refractivity contribution in [2.24, 2.45) is 0 Å². The van der Waals surface area contributed by atoms with E-state index in [1.807, 2.05) is 24.6 Å². The largest absolute Gasteiger partial charge is 0.385 e. The maximum atomic E-state index is 13.2. The zero-order chi connectivity index (χ0) is 14.5. The van der Waals surface area contributed by atoms with E-state index in [4.69, 9.17) is 4.74 Å². The summed E-state index contributed by atoms with van der Waals surface area (Å²) in [5.41, 5.74) is 2.73. The van der Waals surface area contributed by atoms with Crippen LogP contribution in [0.25, 0.3) is 5.69 Å². The van der Waals surface area contributed by atoms with E-state index in [1.54, 1.807) is 13.2 Å². The van der Waals surface area contributed by atoms with Crippen LogP contribution in [0.3, 0.4) is 0 Å². The van der Waals surface area contributed by atoms with Crippen molar-refractivity contribution < 1.29 is 9.13 Å². The maximum Gasteiger partial charge on any atom is 0.207 e. The zero-order valence-corrected chi connectivity index (χ0v) is 12.1. The van der Waals surface area contributed by atoms with Crippen molar-refractivity contribution in [1.82, 2.24) is 9.55 Å². The molecule has 0 amide bonds. The standard InChI is InChI=1S/C15H20FN3O/c1-11-9-13(16)5-6-14(11)19-10-12(2)18-15(19)17-7-4-8-20-3/h5-6,9-10H,4,7-8H2,1-3H3,(H,17,18). The highest BCUT2D eigenvalue weighted by molar-refractivity contribution is 5.47. The van der Waals surface area contributed by atoms with Gasteiger partial charge in [-0.05, 0) is 44.0 Å². The molecular formula is C15H20FN3O. The number of nitrogens with zero attached hydrogens (tertiary/aromatic N) is 2. The van der Waals surface area contributed by atoms with Crippen LogP contribution in [-0.2, 0) is 4.74 Å². The number of rotatable bonds is 6. The Morgan fingerprint density at radius 3 is 2.85 bits per heavy atom. The molecule has 0 saturated heterocycles. The minimum atomic E-state index is -0.224. The van der Waals surface area contributed by atoms with Crippen molar-refractivity contribution in [3.63, 3.8) is 0 Å². The Balaban J connectivity index is 2.22. The van der Waals surface area contributed by atoms with Gasteiger partial charge >= 0.3 is 0 Å². The molecule has 0 saturated carbocycles. The number of methoxy groups -OCH3 is 1. The SMILES string of the molecule is COCCCNc1nc(C)cn1-c1ccc(F)cc1C. The summed E-state index contributed by atoms with van der Waals surface area (Å²) in [6.45, 7) is 5.32. The number of aromatic nitrogens is 2. The molecule has 5 heteroatoms. The molecule has 1 N–H and O–H groups in total. The van der Waals surface area contributed by atoms with E-state index in [0.717, 1.165) is 35.9 Å². The quantitative estimate of drug-likeness (QED) is 0.825. The van der Waals surface area contributed by atoms with Gasteiger partial charge in [-0.1, -0.05) is 0 Å². The molecule has 0 aliphatic rings. The number of nitrogens with one attached hydrogen (secondary N) is 1. The summed E-state index contributed by atoms with van der Waals surface area (Å²) in [7, 11) is 1.69. The van der Waals surface area contributed by atoms with Crippen molar-refractivity contribution in [2.75, 3.05) is 25.6 Å². The molecule has 108 valence electrons. The summed E-state index contributed by atoms with van der Waals surface area (Å²) in [5.74, 6) is 0.547. The third-order valence-electron chi connectivity index (χ3n) is 3.05. The summed E-state index contributed by atoms with van der Waals surface area (Å²) in [6, 6.07) is 4.76.